The van der Waals surface area contributed by atoms with Gasteiger partial charge < -0.3 is 15.2 Å². The van der Waals surface area contributed by atoms with Gasteiger partial charge in [0.2, 0.25) is 0 Å². The van der Waals surface area contributed by atoms with Crippen LogP contribution < -0.4 is 10.1 Å². The molecule has 0 spiro atoms. The maximum Gasteiger partial charge on any atom is 0.306 e. The number of ether oxygens (including phenoxy) is 1. The molecule has 0 unspecified atom stereocenters. The van der Waals surface area contributed by atoms with E-state index in [2.05, 4.69) is 5.32 Å². The molecule has 2 aromatic rings. The molecule has 0 bridgehead atoms. The number of thiophene rings is 1. The lowest BCUT2D eigenvalue weighted by atomic mass is 9.87. The highest BCUT2D eigenvalue weighted by Gasteiger charge is 2.27. The number of nitrogens with one attached hydrogen (secondary N) is 1. The molecule has 0 atom stereocenters. The summed E-state index contributed by atoms with van der Waals surface area (Å²) in [5, 5.41) is 11.8. The summed E-state index contributed by atoms with van der Waals surface area (Å²) in [6, 6.07) is 7.43. The van der Waals surface area contributed by atoms with E-state index < -0.39 is 11.8 Å². The van der Waals surface area contributed by atoms with E-state index in [0.717, 1.165) is 0 Å². The van der Waals surface area contributed by atoms with Crippen LogP contribution in [0.1, 0.15) is 58.6 Å². The molecule has 3 rings (SSSR count). The number of carbonyl (C=O) groups is 3. The number of benzene rings is 1. The van der Waals surface area contributed by atoms with Crippen molar-refractivity contribution in [2.24, 2.45) is 5.92 Å². The quantitative estimate of drug-likeness (QED) is 0.402. The van der Waals surface area contributed by atoms with Gasteiger partial charge >= 0.3 is 5.97 Å². The normalized spacial score (nSPS) is 18.4. The number of halogens is 2. The van der Waals surface area contributed by atoms with Crippen molar-refractivity contribution in [3.05, 3.63) is 50.9 Å². The molecule has 1 heterocycles. The first-order valence-corrected chi connectivity index (χ1v) is 11.3. The topological polar surface area (TPSA) is 92.7 Å². The number of hydrogen-bond donors (Lipinski definition) is 2. The van der Waals surface area contributed by atoms with Gasteiger partial charge in [0, 0.05) is 19.0 Å². The number of rotatable bonds is 9. The Morgan fingerprint density at radius 1 is 1.16 bits per heavy atom. The van der Waals surface area contributed by atoms with Crippen molar-refractivity contribution in [2.45, 2.75) is 44.6 Å². The van der Waals surface area contributed by atoms with E-state index in [0.29, 0.717) is 53.6 Å². The molecule has 31 heavy (non-hydrogen) atoms. The number of carboxylic acid groups (broad SMARTS) is 1. The Morgan fingerprint density at radius 2 is 1.90 bits per heavy atom. The van der Waals surface area contributed by atoms with Crippen LogP contribution in [0.5, 0.6) is 5.75 Å². The Kier molecular flexibility index (Phi) is 8.03. The van der Waals surface area contributed by atoms with E-state index in [-0.39, 0.29) is 35.7 Å². The van der Waals surface area contributed by atoms with Crippen molar-refractivity contribution >= 4 is 40.6 Å². The van der Waals surface area contributed by atoms with E-state index in [4.69, 9.17) is 21.4 Å². The Balaban J connectivity index is 1.44. The predicted octanol–water partition coefficient (Wildman–Crippen LogP) is 4.96. The summed E-state index contributed by atoms with van der Waals surface area (Å²) >= 11 is 6.97. The van der Waals surface area contributed by atoms with Gasteiger partial charge in [-0.25, -0.2) is 4.39 Å². The fourth-order valence-electron chi connectivity index (χ4n) is 3.52. The minimum atomic E-state index is -0.789. The minimum Gasteiger partial charge on any atom is -0.490 e. The first-order chi connectivity index (χ1) is 14.8. The Labute approximate surface area is 188 Å². The third kappa shape index (κ3) is 6.51. The first kappa shape index (κ1) is 23.2. The maximum atomic E-state index is 14.4. The van der Waals surface area contributed by atoms with Crippen LogP contribution in [0.2, 0.25) is 4.34 Å². The second-order valence-electron chi connectivity index (χ2n) is 7.46. The van der Waals surface area contributed by atoms with Crippen molar-refractivity contribution in [1.82, 2.24) is 5.32 Å². The Morgan fingerprint density at radius 3 is 2.52 bits per heavy atom. The number of ketones is 1. The zero-order chi connectivity index (χ0) is 22.4. The fraction of sp³-hybridized carbons (Fsp3) is 0.409. The average molecular weight is 468 g/mol. The van der Waals surface area contributed by atoms with Gasteiger partial charge in [-0.15, -0.1) is 11.3 Å². The minimum absolute atomic E-state index is 0.0155. The molecule has 9 heteroatoms. The molecular formula is C22H23ClFNO5S. The molecule has 1 aliphatic carbocycles. The van der Waals surface area contributed by atoms with Gasteiger partial charge in [-0.3, -0.25) is 14.4 Å². The largest absolute Gasteiger partial charge is 0.490 e. The maximum absolute atomic E-state index is 14.4. The molecule has 0 aliphatic heterocycles. The average Bonchev–Trinajstić information content (AvgIpc) is 3.18. The molecular weight excluding hydrogens is 445 g/mol. The first-order valence-electron chi connectivity index (χ1n) is 10.1. The second-order valence-corrected chi connectivity index (χ2v) is 9.17. The van der Waals surface area contributed by atoms with Gasteiger partial charge in [0.05, 0.1) is 26.8 Å². The molecule has 0 radical (unpaired) electrons. The van der Waals surface area contributed by atoms with Crippen molar-refractivity contribution in [3.8, 4) is 5.75 Å². The van der Waals surface area contributed by atoms with Crippen molar-refractivity contribution < 1.29 is 28.6 Å². The summed E-state index contributed by atoms with van der Waals surface area (Å²) in [6.45, 7) is 0.294. The molecule has 166 valence electrons. The van der Waals surface area contributed by atoms with Gasteiger partial charge in [0.25, 0.3) is 5.91 Å². The molecule has 2 N–H and O–H groups in total. The molecule has 1 fully saturated rings. The van der Waals surface area contributed by atoms with Gasteiger partial charge in [-0.05, 0) is 56.4 Å². The summed E-state index contributed by atoms with van der Waals surface area (Å²) in [4.78, 5) is 35.8. The molecule has 1 aromatic heterocycles. The summed E-state index contributed by atoms with van der Waals surface area (Å²) in [5.74, 6) is -2.06. The zero-order valence-electron chi connectivity index (χ0n) is 16.7. The number of carbonyl (C=O) groups excluding carboxylic acids is 2. The lowest BCUT2D eigenvalue weighted by Crippen LogP contribution is -2.27. The van der Waals surface area contributed by atoms with Crippen molar-refractivity contribution in [2.75, 3.05) is 6.54 Å². The van der Waals surface area contributed by atoms with Crippen LogP contribution in [0.4, 0.5) is 4.39 Å². The standard InChI is InChI=1S/C22H23ClFNO5S/c23-20-10-9-19(31-20)21(27)25-11-1-2-18(26)16-8-7-15(12-17(16)24)30-14-5-3-13(4-6-14)22(28)29/h7-10,12-14H,1-6,11H2,(H,25,27)(H,28,29). The lowest BCUT2D eigenvalue weighted by molar-refractivity contribution is -0.143. The highest BCUT2D eigenvalue weighted by atomic mass is 35.5. The van der Waals surface area contributed by atoms with E-state index in [1.54, 1.807) is 18.2 Å². The van der Waals surface area contributed by atoms with Crippen LogP contribution in [0.15, 0.2) is 30.3 Å². The van der Waals surface area contributed by atoms with Gasteiger partial charge in [-0.2, -0.15) is 0 Å². The molecule has 1 aliphatic rings. The van der Waals surface area contributed by atoms with Crippen molar-refractivity contribution in [3.63, 3.8) is 0 Å². The number of hydrogen-bond acceptors (Lipinski definition) is 5. The number of carboxylic acids is 1. The summed E-state index contributed by atoms with van der Waals surface area (Å²) in [7, 11) is 0. The molecule has 1 amide bonds. The predicted molar refractivity (Wildman–Crippen MR) is 116 cm³/mol. The highest BCUT2D eigenvalue weighted by Crippen LogP contribution is 2.29. The zero-order valence-corrected chi connectivity index (χ0v) is 18.3. The van der Waals surface area contributed by atoms with Gasteiger partial charge in [0.1, 0.15) is 11.6 Å². The monoisotopic (exact) mass is 467 g/mol. The third-order valence-corrected chi connectivity index (χ3v) is 6.46. The third-order valence-electron chi connectivity index (χ3n) is 5.23. The Hall–Kier alpha value is -2.45. The number of Topliss-reactive ketones (excluding diaryl/α,β-unsaturated/α-hetero) is 1. The molecule has 1 saturated carbocycles. The Bertz CT molecular complexity index is 955. The SMILES string of the molecule is O=C(NCCCC(=O)c1ccc(OC2CCC(C(=O)O)CC2)cc1F)c1ccc(Cl)s1. The fourth-order valence-corrected chi connectivity index (χ4v) is 4.48. The van der Waals surface area contributed by atoms with E-state index >= 15 is 0 Å². The van der Waals surface area contributed by atoms with Crippen LogP contribution in [0.3, 0.4) is 0 Å². The van der Waals surface area contributed by atoms with Crippen LogP contribution >= 0.6 is 22.9 Å². The smallest absolute Gasteiger partial charge is 0.306 e. The molecule has 0 saturated heterocycles. The van der Waals surface area contributed by atoms with E-state index in [1.807, 2.05) is 0 Å². The van der Waals surface area contributed by atoms with Crippen LogP contribution in [-0.4, -0.2) is 35.4 Å². The number of aliphatic carboxylic acids is 1. The highest BCUT2D eigenvalue weighted by molar-refractivity contribution is 7.17. The molecule has 1 aromatic carbocycles. The summed E-state index contributed by atoms with van der Waals surface area (Å²) in [5.41, 5.74) is -0.0155. The lowest BCUT2D eigenvalue weighted by Gasteiger charge is -2.26. The van der Waals surface area contributed by atoms with Gasteiger partial charge in [-0.1, -0.05) is 11.6 Å². The summed E-state index contributed by atoms with van der Waals surface area (Å²) in [6.07, 6.45) is 2.60. The summed E-state index contributed by atoms with van der Waals surface area (Å²) < 4.78 is 20.7. The second kappa shape index (κ2) is 10.7. The van der Waals surface area contributed by atoms with Crippen LogP contribution in [0.25, 0.3) is 0 Å². The van der Waals surface area contributed by atoms with E-state index in [9.17, 15) is 18.8 Å². The van der Waals surface area contributed by atoms with Crippen molar-refractivity contribution in [1.29, 1.82) is 0 Å². The molecule has 6 nitrogen and oxygen atoms in total. The number of amides is 1. The van der Waals surface area contributed by atoms with Gasteiger partial charge in [0.15, 0.2) is 5.78 Å². The van der Waals surface area contributed by atoms with Crippen LogP contribution in [0, 0.1) is 11.7 Å². The van der Waals surface area contributed by atoms with E-state index in [1.165, 1.54) is 23.5 Å². The van der Waals surface area contributed by atoms with Crippen LogP contribution in [-0.2, 0) is 4.79 Å².